The number of rotatable bonds is 6. The average molecular weight is 452 g/mol. The van der Waals surface area contributed by atoms with Crippen LogP contribution in [0.3, 0.4) is 0 Å². The molecular formula is C21H27F2N5O2S. The highest BCUT2D eigenvalue weighted by Crippen LogP contribution is 2.52. The van der Waals surface area contributed by atoms with Gasteiger partial charge >= 0.3 is 6.61 Å². The standard InChI is InChI=1S/C21H27F2N5O2S/c1-20(2)8-14-9-21(3,11-20)12-27(14)16(29)10-31-19-26-25-17(28(19)24)13-4-6-15(7-5-13)30-18(22)23/h4-7,14,18H,8-12,24H2,1-3H3/t14-,21-/m0/s1. The predicted octanol–water partition coefficient (Wildman–Crippen LogP) is 3.78. The third kappa shape index (κ3) is 4.63. The van der Waals surface area contributed by atoms with Gasteiger partial charge in [-0.25, -0.2) is 4.68 Å². The molecule has 1 aliphatic heterocycles. The number of likely N-dealkylation sites (tertiary alicyclic amines) is 1. The van der Waals surface area contributed by atoms with Gasteiger partial charge in [0.15, 0.2) is 5.82 Å². The lowest BCUT2D eigenvalue weighted by Gasteiger charge is -2.39. The molecule has 2 atom stereocenters. The first-order chi connectivity index (χ1) is 14.6. The topological polar surface area (TPSA) is 86.3 Å². The monoisotopic (exact) mass is 451 g/mol. The highest BCUT2D eigenvalue weighted by atomic mass is 32.2. The summed E-state index contributed by atoms with van der Waals surface area (Å²) in [6.07, 6.45) is 3.23. The summed E-state index contributed by atoms with van der Waals surface area (Å²) < 4.78 is 30.3. The molecule has 0 spiro atoms. The van der Waals surface area contributed by atoms with Crippen molar-refractivity contribution in [3.63, 3.8) is 0 Å². The molecule has 1 aliphatic carbocycles. The van der Waals surface area contributed by atoms with E-state index >= 15 is 0 Å². The second-order valence-electron chi connectivity index (χ2n) is 9.60. The zero-order valence-corrected chi connectivity index (χ0v) is 18.7. The highest BCUT2D eigenvalue weighted by molar-refractivity contribution is 7.99. The van der Waals surface area contributed by atoms with E-state index < -0.39 is 6.61 Å². The first-order valence-electron chi connectivity index (χ1n) is 10.2. The number of ether oxygens (including phenoxy) is 1. The minimum Gasteiger partial charge on any atom is -0.435 e. The van der Waals surface area contributed by atoms with E-state index in [1.54, 1.807) is 12.1 Å². The van der Waals surface area contributed by atoms with Crippen LogP contribution in [0.5, 0.6) is 5.75 Å². The second-order valence-corrected chi connectivity index (χ2v) is 10.5. The number of amides is 1. The van der Waals surface area contributed by atoms with E-state index in [1.807, 2.05) is 4.90 Å². The third-order valence-electron chi connectivity index (χ3n) is 6.06. The molecule has 0 radical (unpaired) electrons. The zero-order chi connectivity index (χ0) is 22.4. The van der Waals surface area contributed by atoms with Gasteiger partial charge in [0.1, 0.15) is 5.75 Å². The fraction of sp³-hybridized carbons (Fsp3) is 0.571. The van der Waals surface area contributed by atoms with E-state index in [4.69, 9.17) is 5.84 Å². The number of nitrogens with zero attached hydrogens (tertiary/aromatic N) is 4. The van der Waals surface area contributed by atoms with Crippen LogP contribution < -0.4 is 10.6 Å². The van der Waals surface area contributed by atoms with E-state index in [0.717, 1.165) is 25.8 Å². The quantitative estimate of drug-likeness (QED) is 0.531. The normalized spacial score (nSPS) is 24.6. The number of nitrogens with two attached hydrogens (primary N) is 1. The van der Waals surface area contributed by atoms with Gasteiger partial charge < -0.3 is 15.5 Å². The number of thioether (sulfide) groups is 1. The van der Waals surface area contributed by atoms with Crippen LogP contribution in [-0.4, -0.2) is 50.6 Å². The lowest BCUT2D eigenvalue weighted by atomic mass is 9.65. The van der Waals surface area contributed by atoms with Gasteiger partial charge in [0.05, 0.1) is 5.75 Å². The molecule has 31 heavy (non-hydrogen) atoms. The first kappa shape index (κ1) is 21.9. The van der Waals surface area contributed by atoms with Crippen molar-refractivity contribution in [1.29, 1.82) is 0 Å². The summed E-state index contributed by atoms with van der Waals surface area (Å²) in [6.45, 7) is 4.76. The Balaban J connectivity index is 1.40. The number of halogens is 2. The Morgan fingerprint density at radius 1 is 1.26 bits per heavy atom. The van der Waals surface area contributed by atoms with Crippen LogP contribution in [-0.2, 0) is 4.79 Å². The SMILES string of the molecule is CC1(C)C[C@H]2C[C@](C)(CN2C(=O)CSc2nnc(-c3ccc(OC(F)F)cc3)n2N)C1. The number of nitrogen functional groups attached to an aromatic ring is 1. The van der Waals surface area contributed by atoms with Crippen molar-refractivity contribution in [2.45, 2.75) is 57.8 Å². The molecule has 1 amide bonds. The van der Waals surface area contributed by atoms with Gasteiger partial charge in [0.2, 0.25) is 11.1 Å². The Kier molecular flexibility index (Phi) is 5.61. The van der Waals surface area contributed by atoms with Crippen molar-refractivity contribution in [3.8, 4) is 17.1 Å². The lowest BCUT2D eigenvalue weighted by molar-refractivity contribution is -0.129. The molecule has 4 rings (SSSR count). The van der Waals surface area contributed by atoms with Gasteiger partial charge in [-0.2, -0.15) is 8.78 Å². The van der Waals surface area contributed by atoms with Gasteiger partial charge in [-0.05, 0) is 54.4 Å². The number of carbonyl (C=O) groups is 1. The van der Waals surface area contributed by atoms with Crippen LogP contribution in [0.25, 0.3) is 11.4 Å². The van der Waals surface area contributed by atoms with Crippen LogP contribution in [0.2, 0.25) is 0 Å². The molecule has 1 aromatic heterocycles. The van der Waals surface area contributed by atoms with Crippen molar-refractivity contribution in [3.05, 3.63) is 24.3 Å². The predicted molar refractivity (Wildman–Crippen MR) is 114 cm³/mol. The minimum atomic E-state index is -2.88. The number of fused-ring (bicyclic) bond motifs is 2. The largest absolute Gasteiger partial charge is 0.435 e. The summed E-state index contributed by atoms with van der Waals surface area (Å²) in [5.74, 6) is 6.89. The Morgan fingerprint density at radius 2 is 1.97 bits per heavy atom. The third-order valence-corrected chi connectivity index (χ3v) is 6.99. The molecule has 2 aliphatic rings. The van der Waals surface area contributed by atoms with Gasteiger partial charge in [-0.15, -0.1) is 10.2 Å². The molecular weight excluding hydrogens is 424 g/mol. The maximum Gasteiger partial charge on any atom is 0.387 e. The van der Waals surface area contributed by atoms with Crippen molar-refractivity contribution in [1.82, 2.24) is 19.8 Å². The van der Waals surface area contributed by atoms with Crippen LogP contribution in [0.1, 0.15) is 40.0 Å². The van der Waals surface area contributed by atoms with E-state index in [2.05, 4.69) is 35.7 Å². The van der Waals surface area contributed by atoms with Crippen LogP contribution >= 0.6 is 11.8 Å². The Bertz CT molecular complexity index is 965. The van der Waals surface area contributed by atoms with E-state index in [1.165, 1.54) is 28.6 Å². The van der Waals surface area contributed by atoms with Crippen molar-refractivity contribution in [2.24, 2.45) is 10.8 Å². The summed E-state index contributed by atoms with van der Waals surface area (Å²) >= 11 is 1.25. The van der Waals surface area contributed by atoms with Crippen LogP contribution in [0.4, 0.5) is 8.78 Å². The summed E-state index contributed by atoms with van der Waals surface area (Å²) in [6, 6.07) is 6.29. The van der Waals surface area contributed by atoms with E-state index in [0.29, 0.717) is 22.6 Å². The molecule has 2 aromatic rings. The number of hydrogen-bond donors (Lipinski definition) is 1. The fourth-order valence-electron chi connectivity index (χ4n) is 5.32. The van der Waals surface area contributed by atoms with E-state index in [9.17, 15) is 13.6 Å². The molecule has 2 bridgehead atoms. The van der Waals surface area contributed by atoms with Crippen molar-refractivity contribution in [2.75, 3.05) is 18.1 Å². The highest BCUT2D eigenvalue weighted by Gasteiger charge is 2.50. The second kappa shape index (κ2) is 7.96. The molecule has 1 saturated heterocycles. The Hall–Kier alpha value is -2.36. The van der Waals surface area contributed by atoms with Gasteiger partial charge in [-0.3, -0.25) is 4.79 Å². The van der Waals surface area contributed by atoms with Gasteiger partial charge in [-0.1, -0.05) is 32.5 Å². The van der Waals surface area contributed by atoms with E-state index in [-0.39, 0.29) is 28.2 Å². The molecule has 1 saturated carbocycles. The van der Waals surface area contributed by atoms with Gasteiger partial charge in [0, 0.05) is 18.2 Å². The van der Waals surface area contributed by atoms with Crippen molar-refractivity contribution < 1.29 is 18.3 Å². The summed E-state index contributed by atoms with van der Waals surface area (Å²) in [5, 5.41) is 8.60. The Morgan fingerprint density at radius 3 is 2.65 bits per heavy atom. The average Bonchev–Trinajstić information content (AvgIpc) is 3.15. The summed E-state index contributed by atoms with van der Waals surface area (Å²) in [4.78, 5) is 15.0. The minimum absolute atomic E-state index is 0.0507. The fourth-order valence-corrected chi connectivity index (χ4v) is 6.06. The number of alkyl halides is 2. The molecule has 0 unspecified atom stereocenters. The summed E-state index contributed by atoms with van der Waals surface area (Å²) in [7, 11) is 0. The number of hydrogen-bond acceptors (Lipinski definition) is 6. The maximum absolute atomic E-state index is 13.0. The van der Waals surface area contributed by atoms with Crippen LogP contribution in [0, 0.1) is 10.8 Å². The first-order valence-corrected chi connectivity index (χ1v) is 11.2. The lowest BCUT2D eigenvalue weighted by Crippen LogP contribution is -2.38. The molecule has 2 heterocycles. The molecule has 1 aromatic carbocycles. The van der Waals surface area contributed by atoms with Crippen molar-refractivity contribution >= 4 is 17.7 Å². The van der Waals surface area contributed by atoms with Crippen LogP contribution in [0.15, 0.2) is 29.4 Å². The molecule has 7 nitrogen and oxygen atoms in total. The number of benzene rings is 1. The molecule has 2 N–H and O–H groups in total. The smallest absolute Gasteiger partial charge is 0.387 e. The molecule has 2 fully saturated rings. The number of carbonyl (C=O) groups excluding carboxylic acids is 1. The zero-order valence-electron chi connectivity index (χ0n) is 17.8. The van der Waals surface area contributed by atoms with Gasteiger partial charge in [0.25, 0.3) is 0 Å². The Labute approximate surface area is 184 Å². The maximum atomic E-state index is 13.0. The number of aromatic nitrogens is 3. The summed E-state index contributed by atoms with van der Waals surface area (Å²) in [5.41, 5.74) is 1.05. The molecule has 168 valence electrons. The molecule has 10 heteroatoms.